The minimum absolute atomic E-state index is 0.206. The number of benzene rings is 1. The highest BCUT2D eigenvalue weighted by atomic mass is 14.9. The van der Waals surface area contributed by atoms with Crippen LogP contribution in [0.25, 0.3) is 0 Å². The van der Waals surface area contributed by atoms with E-state index in [1.165, 1.54) is 22.3 Å². The molecule has 0 spiro atoms. The van der Waals surface area contributed by atoms with Crippen molar-refractivity contribution in [2.75, 3.05) is 0 Å². The van der Waals surface area contributed by atoms with E-state index in [2.05, 4.69) is 63.5 Å². The van der Waals surface area contributed by atoms with Gasteiger partial charge in [0.05, 0.1) is 0 Å². The van der Waals surface area contributed by atoms with Crippen LogP contribution in [0.5, 0.6) is 0 Å². The zero-order valence-electron chi connectivity index (χ0n) is 14.6. The van der Waals surface area contributed by atoms with E-state index in [9.17, 15) is 0 Å². The highest BCUT2D eigenvalue weighted by Crippen LogP contribution is 2.42. The molecule has 23 heavy (non-hydrogen) atoms. The van der Waals surface area contributed by atoms with E-state index in [4.69, 9.17) is 6.42 Å². The van der Waals surface area contributed by atoms with Gasteiger partial charge in [-0.2, -0.15) is 0 Å². The normalized spacial score (nSPS) is 17.2. The monoisotopic (exact) mass is 303 g/mol. The molecule has 1 unspecified atom stereocenters. The van der Waals surface area contributed by atoms with Crippen LogP contribution in [0, 0.1) is 19.3 Å². The topological polar surface area (TPSA) is 12.0 Å². The van der Waals surface area contributed by atoms with Gasteiger partial charge in [-0.1, -0.05) is 37.6 Å². The van der Waals surface area contributed by atoms with E-state index < -0.39 is 0 Å². The highest BCUT2D eigenvalue weighted by molar-refractivity contribution is 5.55. The van der Waals surface area contributed by atoms with E-state index in [1.54, 1.807) is 0 Å². The molecule has 0 radical (unpaired) electrons. The first-order chi connectivity index (χ1) is 10.9. The number of nitrogens with one attached hydrogen (secondary N) is 1. The molecule has 0 saturated carbocycles. The molecule has 1 atom stereocenters. The molecule has 1 N–H and O–H groups in total. The summed E-state index contributed by atoms with van der Waals surface area (Å²) in [4.78, 5) is 0. The number of aryl methyl sites for hydroxylation is 1. The molecule has 118 valence electrons. The van der Waals surface area contributed by atoms with Crippen molar-refractivity contribution in [1.82, 2.24) is 5.32 Å². The van der Waals surface area contributed by atoms with Crippen LogP contribution in [0.1, 0.15) is 49.8 Å². The number of hydrogen-bond acceptors (Lipinski definition) is 1. The van der Waals surface area contributed by atoms with Crippen molar-refractivity contribution >= 4 is 0 Å². The molecule has 1 aliphatic rings. The molecule has 0 amide bonds. The number of terminal acetylenes is 1. The van der Waals surface area contributed by atoms with Crippen molar-refractivity contribution in [2.24, 2.45) is 0 Å². The zero-order chi connectivity index (χ0) is 17.1. The summed E-state index contributed by atoms with van der Waals surface area (Å²) in [6.07, 6.45) is 8.56. The van der Waals surface area contributed by atoms with Crippen molar-refractivity contribution in [2.45, 2.75) is 40.0 Å². The molecule has 0 fully saturated rings. The third kappa shape index (κ3) is 3.17. The molecule has 0 aromatic heterocycles. The molecule has 2 rings (SSSR count). The lowest BCUT2D eigenvalue weighted by Crippen LogP contribution is -2.23. The summed E-state index contributed by atoms with van der Waals surface area (Å²) < 4.78 is 0. The van der Waals surface area contributed by atoms with Gasteiger partial charge in [0.2, 0.25) is 0 Å². The number of dihydropyridines is 1. The molecule has 1 aromatic carbocycles. The fourth-order valence-electron chi connectivity index (χ4n) is 3.25. The fraction of sp³-hybridized carbons (Fsp3) is 0.273. The van der Waals surface area contributed by atoms with Crippen molar-refractivity contribution in [3.63, 3.8) is 0 Å². The number of rotatable bonds is 4. The first-order valence-electron chi connectivity index (χ1n) is 7.99. The van der Waals surface area contributed by atoms with Gasteiger partial charge in [0.25, 0.3) is 0 Å². The first-order valence-corrected chi connectivity index (χ1v) is 7.99. The van der Waals surface area contributed by atoms with Crippen LogP contribution in [-0.4, -0.2) is 0 Å². The minimum Gasteiger partial charge on any atom is -0.361 e. The van der Waals surface area contributed by atoms with Crippen LogP contribution in [0.2, 0.25) is 0 Å². The standard InChI is InChI=1S/C22H25N/c1-8-17-10-11-19(16(7)12-17)21-18(9-2)22(15(5)6)23-13-20(21)14(3)4/h1,10-13,21,23H,3,5,9H2,2,4,6-7H3. The van der Waals surface area contributed by atoms with Crippen LogP contribution in [0.3, 0.4) is 0 Å². The Kier molecular flexibility index (Phi) is 4.96. The molecule has 1 aromatic rings. The molecule has 0 saturated heterocycles. The second-order valence-corrected chi connectivity index (χ2v) is 6.21. The highest BCUT2D eigenvalue weighted by Gasteiger charge is 2.28. The third-order valence-corrected chi connectivity index (χ3v) is 4.40. The average Bonchev–Trinajstić information content (AvgIpc) is 2.52. The summed E-state index contributed by atoms with van der Waals surface area (Å²) >= 11 is 0. The smallest absolute Gasteiger partial charge is 0.0405 e. The summed E-state index contributed by atoms with van der Waals surface area (Å²) in [5, 5.41) is 3.42. The van der Waals surface area contributed by atoms with Crippen LogP contribution in [0.4, 0.5) is 0 Å². The van der Waals surface area contributed by atoms with Gasteiger partial charge in [0.15, 0.2) is 0 Å². The molecular weight excluding hydrogens is 278 g/mol. The predicted molar refractivity (Wildman–Crippen MR) is 100 cm³/mol. The average molecular weight is 303 g/mol. The summed E-state index contributed by atoms with van der Waals surface area (Å²) in [5.41, 5.74) is 9.28. The van der Waals surface area contributed by atoms with Gasteiger partial charge < -0.3 is 5.32 Å². The van der Waals surface area contributed by atoms with Gasteiger partial charge in [-0.25, -0.2) is 0 Å². The Labute approximate surface area is 140 Å². The SMILES string of the molecule is C#Cc1ccc(C2C(C(=C)C)=CNC(C(=C)C)=C2CC)c(C)c1. The largest absolute Gasteiger partial charge is 0.361 e. The van der Waals surface area contributed by atoms with E-state index >= 15 is 0 Å². The van der Waals surface area contributed by atoms with Gasteiger partial charge in [0.1, 0.15) is 0 Å². The van der Waals surface area contributed by atoms with Crippen LogP contribution >= 0.6 is 0 Å². The van der Waals surface area contributed by atoms with E-state index in [0.29, 0.717) is 0 Å². The van der Waals surface area contributed by atoms with E-state index in [0.717, 1.165) is 28.8 Å². The lowest BCUT2D eigenvalue weighted by atomic mass is 9.76. The molecule has 1 nitrogen and oxygen atoms in total. The van der Waals surface area contributed by atoms with Gasteiger partial charge in [0, 0.05) is 23.4 Å². The summed E-state index contributed by atoms with van der Waals surface area (Å²) in [6, 6.07) is 6.26. The Morgan fingerprint density at radius 1 is 1.26 bits per heavy atom. The number of hydrogen-bond donors (Lipinski definition) is 1. The Morgan fingerprint density at radius 2 is 1.96 bits per heavy atom. The summed E-state index contributed by atoms with van der Waals surface area (Å²) in [6.45, 7) is 16.7. The first kappa shape index (κ1) is 16.9. The van der Waals surface area contributed by atoms with Gasteiger partial charge >= 0.3 is 0 Å². The minimum atomic E-state index is 0.206. The number of allylic oxidation sites excluding steroid dienone is 4. The molecule has 0 aliphatic carbocycles. The van der Waals surface area contributed by atoms with Gasteiger partial charge in [-0.05, 0) is 67.2 Å². The molecule has 1 heteroatoms. The van der Waals surface area contributed by atoms with Crippen LogP contribution in [-0.2, 0) is 0 Å². The van der Waals surface area contributed by atoms with E-state index in [1.807, 2.05) is 13.0 Å². The fourth-order valence-corrected chi connectivity index (χ4v) is 3.25. The lowest BCUT2D eigenvalue weighted by molar-refractivity contribution is 0.782. The van der Waals surface area contributed by atoms with Crippen molar-refractivity contribution in [3.8, 4) is 12.3 Å². The second-order valence-electron chi connectivity index (χ2n) is 6.21. The Hall–Kier alpha value is -2.46. The van der Waals surface area contributed by atoms with Gasteiger partial charge in [-0.15, -0.1) is 6.42 Å². The quantitative estimate of drug-likeness (QED) is 0.738. The molecule has 1 heterocycles. The lowest BCUT2D eigenvalue weighted by Gasteiger charge is -2.32. The van der Waals surface area contributed by atoms with Crippen LogP contribution < -0.4 is 5.32 Å². The maximum Gasteiger partial charge on any atom is 0.0405 e. The second kappa shape index (κ2) is 6.75. The van der Waals surface area contributed by atoms with E-state index in [-0.39, 0.29) is 5.92 Å². The Balaban J connectivity index is 2.68. The Bertz CT molecular complexity index is 766. The van der Waals surface area contributed by atoms with Crippen molar-refractivity contribution < 1.29 is 0 Å². The predicted octanol–water partition coefficient (Wildman–Crippen LogP) is 5.36. The molecule has 1 aliphatic heterocycles. The third-order valence-electron chi connectivity index (χ3n) is 4.40. The van der Waals surface area contributed by atoms with Crippen molar-refractivity contribution in [1.29, 1.82) is 0 Å². The van der Waals surface area contributed by atoms with Crippen LogP contribution in [0.15, 0.2) is 65.5 Å². The van der Waals surface area contributed by atoms with Gasteiger partial charge in [-0.3, -0.25) is 0 Å². The summed E-state index contributed by atoms with van der Waals surface area (Å²) in [5.74, 6) is 2.92. The molecular formula is C22H25N. The van der Waals surface area contributed by atoms with Crippen molar-refractivity contribution in [3.05, 3.63) is 82.2 Å². The zero-order valence-corrected chi connectivity index (χ0v) is 14.6. The maximum atomic E-state index is 5.53. The Morgan fingerprint density at radius 3 is 2.43 bits per heavy atom. The summed E-state index contributed by atoms with van der Waals surface area (Å²) in [7, 11) is 0. The maximum absolute atomic E-state index is 5.53. The molecule has 0 bridgehead atoms.